The van der Waals surface area contributed by atoms with E-state index in [1.807, 2.05) is 6.92 Å². The molecule has 1 aromatic carbocycles. The number of nitrogens with one attached hydrogen (secondary N) is 2. The van der Waals surface area contributed by atoms with E-state index >= 15 is 0 Å². The average Bonchev–Trinajstić information content (AvgIpc) is 2.56. The van der Waals surface area contributed by atoms with E-state index in [1.165, 1.54) is 13.2 Å². The first-order chi connectivity index (χ1) is 11.0. The number of methoxy groups -OCH3 is 1. The number of esters is 1. The van der Waals surface area contributed by atoms with Crippen molar-refractivity contribution in [3.8, 4) is 5.75 Å². The highest BCUT2D eigenvalue weighted by Crippen LogP contribution is 2.23. The van der Waals surface area contributed by atoms with Crippen LogP contribution in [0.15, 0.2) is 22.7 Å². The Balaban J connectivity index is 2.44. The highest BCUT2D eigenvalue weighted by molar-refractivity contribution is 9.10. The van der Waals surface area contributed by atoms with E-state index < -0.39 is 18.5 Å². The van der Waals surface area contributed by atoms with Gasteiger partial charge in [0.1, 0.15) is 5.75 Å². The summed E-state index contributed by atoms with van der Waals surface area (Å²) in [4.78, 5) is 34.8. The summed E-state index contributed by atoms with van der Waals surface area (Å²) in [6.07, 6.45) is 0.812. The van der Waals surface area contributed by atoms with E-state index in [2.05, 4.69) is 26.6 Å². The van der Waals surface area contributed by atoms with Gasteiger partial charge in [0, 0.05) is 11.0 Å². The zero-order valence-corrected chi connectivity index (χ0v) is 14.6. The molecule has 7 nitrogen and oxygen atoms in total. The molecule has 0 radical (unpaired) electrons. The van der Waals surface area contributed by atoms with Crippen LogP contribution in [0.1, 0.15) is 23.7 Å². The van der Waals surface area contributed by atoms with Gasteiger partial charge in [0.15, 0.2) is 6.61 Å². The van der Waals surface area contributed by atoms with Gasteiger partial charge in [0.25, 0.3) is 5.91 Å². The molecular weight excluding hydrogens is 368 g/mol. The quantitative estimate of drug-likeness (QED) is 0.655. The molecule has 0 aliphatic carbocycles. The Morgan fingerprint density at radius 3 is 2.57 bits per heavy atom. The van der Waals surface area contributed by atoms with Gasteiger partial charge in [-0.2, -0.15) is 0 Å². The Labute approximate surface area is 142 Å². The van der Waals surface area contributed by atoms with Crippen molar-refractivity contribution in [1.29, 1.82) is 0 Å². The second-order valence-electron chi connectivity index (χ2n) is 4.55. The van der Waals surface area contributed by atoms with Gasteiger partial charge >= 0.3 is 5.97 Å². The Hall–Kier alpha value is -2.09. The molecule has 0 atom stereocenters. The number of hydrogen-bond acceptors (Lipinski definition) is 5. The van der Waals surface area contributed by atoms with Crippen LogP contribution >= 0.6 is 15.9 Å². The normalized spacial score (nSPS) is 9.87. The third-order valence-corrected chi connectivity index (χ3v) is 3.44. The summed E-state index contributed by atoms with van der Waals surface area (Å²) in [5.41, 5.74) is 0.248. The number of rotatable bonds is 8. The number of carbonyl (C=O) groups excluding carboxylic acids is 3. The number of amides is 2. The molecule has 8 heteroatoms. The lowest BCUT2D eigenvalue weighted by Gasteiger charge is -2.09. The fourth-order valence-corrected chi connectivity index (χ4v) is 1.96. The van der Waals surface area contributed by atoms with Gasteiger partial charge in [-0.25, -0.2) is 4.79 Å². The lowest BCUT2D eigenvalue weighted by Crippen LogP contribution is -2.38. The van der Waals surface area contributed by atoms with Gasteiger partial charge in [0.2, 0.25) is 5.91 Å². The largest absolute Gasteiger partial charge is 0.497 e. The van der Waals surface area contributed by atoms with E-state index in [1.54, 1.807) is 12.1 Å². The second-order valence-corrected chi connectivity index (χ2v) is 5.40. The molecule has 0 aliphatic heterocycles. The van der Waals surface area contributed by atoms with Gasteiger partial charge in [-0.15, -0.1) is 0 Å². The van der Waals surface area contributed by atoms with Gasteiger partial charge in [0.05, 0.1) is 19.2 Å². The van der Waals surface area contributed by atoms with Crippen molar-refractivity contribution in [3.05, 3.63) is 28.2 Å². The van der Waals surface area contributed by atoms with Crippen molar-refractivity contribution in [2.24, 2.45) is 0 Å². The standard InChI is InChI=1S/C15H19BrN2O5/c1-3-6-17-13(19)8-18-14(20)9-23-15(21)11-7-10(22-2)4-5-12(11)16/h4-5,7H,3,6,8-9H2,1-2H3,(H,17,19)(H,18,20). The predicted molar refractivity (Wildman–Crippen MR) is 87.3 cm³/mol. The SMILES string of the molecule is CCCNC(=O)CNC(=O)COC(=O)c1cc(OC)ccc1Br. The van der Waals surface area contributed by atoms with Crippen LogP contribution in [0.3, 0.4) is 0 Å². The van der Waals surface area contributed by atoms with Crippen molar-refractivity contribution in [3.63, 3.8) is 0 Å². The van der Waals surface area contributed by atoms with Gasteiger partial charge < -0.3 is 20.1 Å². The first-order valence-electron chi connectivity index (χ1n) is 7.02. The first-order valence-corrected chi connectivity index (χ1v) is 7.81. The van der Waals surface area contributed by atoms with Crippen LogP contribution in [0.5, 0.6) is 5.75 Å². The van der Waals surface area contributed by atoms with Gasteiger partial charge in [-0.05, 0) is 40.5 Å². The Kier molecular flexibility index (Phi) is 8.10. The molecule has 0 fully saturated rings. The highest BCUT2D eigenvalue weighted by atomic mass is 79.9. The molecular formula is C15H19BrN2O5. The maximum atomic E-state index is 12.0. The number of benzene rings is 1. The van der Waals surface area contributed by atoms with Crippen LogP contribution in [0.2, 0.25) is 0 Å². The molecule has 0 aromatic heterocycles. The number of carbonyl (C=O) groups is 3. The number of hydrogen-bond donors (Lipinski definition) is 2. The average molecular weight is 387 g/mol. The molecule has 2 amide bonds. The minimum Gasteiger partial charge on any atom is -0.497 e. The molecule has 2 N–H and O–H groups in total. The molecule has 0 aliphatic rings. The smallest absolute Gasteiger partial charge is 0.339 e. The molecule has 0 saturated heterocycles. The van der Waals surface area contributed by atoms with Gasteiger partial charge in [-0.1, -0.05) is 6.92 Å². The molecule has 0 unspecified atom stereocenters. The molecule has 0 bridgehead atoms. The third kappa shape index (κ3) is 6.68. The zero-order valence-electron chi connectivity index (χ0n) is 13.0. The summed E-state index contributed by atoms with van der Waals surface area (Å²) in [7, 11) is 1.48. The maximum absolute atomic E-state index is 12.0. The minimum absolute atomic E-state index is 0.154. The molecule has 23 heavy (non-hydrogen) atoms. The topological polar surface area (TPSA) is 93.7 Å². The van der Waals surface area contributed by atoms with Crippen molar-refractivity contribution in [2.45, 2.75) is 13.3 Å². The Bertz CT molecular complexity index is 577. The van der Waals surface area contributed by atoms with E-state index in [0.29, 0.717) is 16.8 Å². The number of ether oxygens (including phenoxy) is 2. The lowest BCUT2D eigenvalue weighted by molar-refractivity contribution is -0.127. The van der Waals surface area contributed by atoms with Crippen LogP contribution in [0.4, 0.5) is 0 Å². The van der Waals surface area contributed by atoms with E-state index in [-0.39, 0.29) is 18.0 Å². The van der Waals surface area contributed by atoms with Gasteiger partial charge in [-0.3, -0.25) is 9.59 Å². The summed E-state index contributed by atoms with van der Waals surface area (Å²) < 4.78 is 10.5. The third-order valence-electron chi connectivity index (χ3n) is 2.75. The van der Waals surface area contributed by atoms with Crippen molar-refractivity contribution in [2.75, 3.05) is 26.8 Å². The molecule has 1 aromatic rings. The first kappa shape index (κ1) is 19.0. The fourth-order valence-electron chi connectivity index (χ4n) is 1.55. The van der Waals surface area contributed by atoms with Crippen molar-refractivity contribution in [1.82, 2.24) is 10.6 Å². The maximum Gasteiger partial charge on any atom is 0.339 e. The van der Waals surface area contributed by atoms with Crippen LogP contribution < -0.4 is 15.4 Å². The fraction of sp³-hybridized carbons (Fsp3) is 0.400. The van der Waals surface area contributed by atoms with Crippen LogP contribution in [0, 0.1) is 0 Å². The van der Waals surface area contributed by atoms with E-state index in [4.69, 9.17) is 9.47 Å². The van der Waals surface area contributed by atoms with Crippen LogP contribution in [0.25, 0.3) is 0 Å². The molecule has 0 saturated carbocycles. The predicted octanol–water partition coefficient (Wildman–Crippen LogP) is 1.26. The van der Waals surface area contributed by atoms with E-state index in [0.717, 1.165) is 6.42 Å². The summed E-state index contributed by atoms with van der Waals surface area (Å²) in [5.74, 6) is -1.01. The van der Waals surface area contributed by atoms with Crippen molar-refractivity contribution >= 4 is 33.7 Å². The summed E-state index contributed by atoms with van der Waals surface area (Å²) in [5, 5.41) is 4.99. The number of halogens is 1. The monoisotopic (exact) mass is 386 g/mol. The summed E-state index contributed by atoms with van der Waals surface area (Å²) in [6, 6.07) is 4.83. The molecule has 0 heterocycles. The van der Waals surface area contributed by atoms with Crippen LogP contribution in [-0.4, -0.2) is 44.6 Å². The van der Waals surface area contributed by atoms with Crippen LogP contribution in [-0.2, 0) is 14.3 Å². The molecule has 126 valence electrons. The Morgan fingerprint density at radius 2 is 1.91 bits per heavy atom. The second kappa shape index (κ2) is 9.83. The summed E-state index contributed by atoms with van der Waals surface area (Å²) >= 11 is 3.23. The zero-order chi connectivity index (χ0) is 17.2. The minimum atomic E-state index is -0.665. The lowest BCUT2D eigenvalue weighted by atomic mass is 10.2. The summed E-state index contributed by atoms with van der Waals surface area (Å²) in [6.45, 7) is 1.85. The highest BCUT2D eigenvalue weighted by Gasteiger charge is 2.15. The Morgan fingerprint density at radius 1 is 1.17 bits per heavy atom. The molecule has 0 spiro atoms. The molecule has 1 rings (SSSR count). The van der Waals surface area contributed by atoms with E-state index in [9.17, 15) is 14.4 Å². The van der Waals surface area contributed by atoms with Crippen molar-refractivity contribution < 1.29 is 23.9 Å².